The van der Waals surface area contributed by atoms with Crippen molar-refractivity contribution in [3.05, 3.63) is 34.9 Å². The predicted molar refractivity (Wildman–Crippen MR) is 94.1 cm³/mol. The molecule has 0 radical (unpaired) electrons. The summed E-state index contributed by atoms with van der Waals surface area (Å²) in [5, 5.41) is 14.1. The normalized spacial score (nSPS) is 20.3. The van der Waals surface area contributed by atoms with Crippen molar-refractivity contribution in [2.45, 2.75) is 25.0 Å². The Balaban J connectivity index is 1.53. The fourth-order valence-electron chi connectivity index (χ4n) is 2.96. The smallest absolute Gasteiger partial charge is 0.242 e. The average Bonchev–Trinajstić information content (AvgIpc) is 3.41. The van der Waals surface area contributed by atoms with Crippen LogP contribution in [0.1, 0.15) is 24.5 Å². The minimum atomic E-state index is -0.664. The monoisotopic (exact) mass is 350 g/mol. The van der Waals surface area contributed by atoms with Gasteiger partial charge in [0, 0.05) is 37.7 Å². The molecule has 1 aliphatic heterocycles. The number of piperazine rings is 1. The number of rotatable bonds is 4. The summed E-state index contributed by atoms with van der Waals surface area (Å²) in [5.41, 5.74) is 0.789. The summed E-state index contributed by atoms with van der Waals surface area (Å²) in [6.07, 6.45) is 1.60. The molecule has 6 nitrogen and oxygen atoms in total. The van der Waals surface area contributed by atoms with Crippen molar-refractivity contribution in [2.75, 3.05) is 33.2 Å². The number of halogens is 1. The molecule has 1 amide bonds. The van der Waals surface area contributed by atoms with Crippen LogP contribution in [0.25, 0.3) is 0 Å². The molecule has 1 saturated heterocycles. The molecule has 1 aliphatic carbocycles. The van der Waals surface area contributed by atoms with Gasteiger partial charge in [0.05, 0.1) is 12.6 Å². The van der Waals surface area contributed by atoms with Crippen LogP contribution >= 0.6 is 11.6 Å². The number of nitrogens with one attached hydrogen (secondary N) is 1. The zero-order valence-corrected chi connectivity index (χ0v) is 14.5. The number of guanidine groups is 1. The van der Waals surface area contributed by atoms with Crippen molar-refractivity contribution in [1.82, 2.24) is 15.1 Å². The van der Waals surface area contributed by atoms with Gasteiger partial charge in [-0.25, -0.2) is 0 Å². The fraction of sp³-hybridized carbons (Fsp3) is 0.529. The number of amides is 1. The summed E-state index contributed by atoms with van der Waals surface area (Å²) in [6.45, 7) is 2.17. The van der Waals surface area contributed by atoms with E-state index in [0.717, 1.165) is 31.5 Å². The number of aliphatic hydroxyl groups is 1. The van der Waals surface area contributed by atoms with E-state index < -0.39 is 6.10 Å². The summed E-state index contributed by atoms with van der Waals surface area (Å²) < 4.78 is 0. The first kappa shape index (κ1) is 17.0. The standard InChI is InChI=1S/C17H23ClN4O2/c1-19-17(20-10-15(23)12-2-4-13(18)5-3-12)21-8-9-22(14-6-7-14)16(24)11-21/h2-5,14-15,23H,6-11H2,1H3,(H,19,20). The van der Waals surface area contributed by atoms with Crippen LogP contribution in [0.3, 0.4) is 0 Å². The second-order valence-electron chi connectivity index (χ2n) is 6.24. The van der Waals surface area contributed by atoms with Crippen LogP contribution in [0.4, 0.5) is 0 Å². The Morgan fingerprint density at radius 1 is 1.38 bits per heavy atom. The molecule has 1 aromatic rings. The Bertz CT molecular complexity index is 616. The molecule has 24 heavy (non-hydrogen) atoms. The van der Waals surface area contributed by atoms with Crippen molar-refractivity contribution < 1.29 is 9.90 Å². The van der Waals surface area contributed by atoms with E-state index in [1.54, 1.807) is 31.3 Å². The molecule has 7 heteroatoms. The Labute approximate surface area is 147 Å². The number of nitrogens with zero attached hydrogens (tertiary/aromatic N) is 3. The molecule has 1 aromatic carbocycles. The minimum Gasteiger partial charge on any atom is -0.387 e. The molecular weight excluding hydrogens is 328 g/mol. The van der Waals surface area contributed by atoms with Crippen molar-refractivity contribution in [3.63, 3.8) is 0 Å². The molecule has 1 saturated carbocycles. The van der Waals surface area contributed by atoms with Crippen molar-refractivity contribution in [2.24, 2.45) is 4.99 Å². The molecule has 0 spiro atoms. The minimum absolute atomic E-state index is 0.157. The summed E-state index contributed by atoms with van der Waals surface area (Å²) in [6, 6.07) is 7.57. The van der Waals surface area contributed by atoms with Gasteiger partial charge in [0.1, 0.15) is 0 Å². The Morgan fingerprint density at radius 3 is 2.67 bits per heavy atom. The van der Waals surface area contributed by atoms with Crippen LogP contribution in [-0.2, 0) is 4.79 Å². The van der Waals surface area contributed by atoms with Crippen molar-refractivity contribution >= 4 is 23.5 Å². The summed E-state index contributed by atoms with van der Waals surface area (Å²) >= 11 is 5.86. The second-order valence-corrected chi connectivity index (χ2v) is 6.67. The van der Waals surface area contributed by atoms with E-state index in [2.05, 4.69) is 10.3 Å². The lowest BCUT2D eigenvalue weighted by molar-refractivity contribution is -0.135. The molecule has 1 atom stereocenters. The third kappa shape index (κ3) is 3.99. The lowest BCUT2D eigenvalue weighted by Crippen LogP contribution is -2.56. The third-order valence-electron chi connectivity index (χ3n) is 4.46. The van der Waals surface area contributed by atoms with E-state index in [1.165, 1.54) is 0 Å². The molecule has 0 bridgehead atoms. The van der Waals surface area contributed by atoms with Gasteiger partial charge in [-0.3, -0.25) is 9.79 Å². The Kier molecular flexibility index (Phi) is 5.26. The Morgan fingerprint density at radius 2 is 2.08 bits per heavy atom. The number of hydrogen-bond donors (Lipinski definition) is 2. The fourth-order valence-corrected chi connectivity index (χ4v) is 3.09. The number of aliphatic imine (C=N–C) groups is 1. The van der Waals surface area contributed by atoms with Crippen LogP contribution < -0.4 is 5.32 Å². The van der Waals surface area contributed by atoms with Gasteiger partial charge in [0.2, 0.25) is 5.91 Å². The lowest BCUT2D eigenvalue weighted by Gasteiger charge is -2.36. The zero-order chi connectivity index (χ0) is 17.1. The van der Waals surface area contributed by atoms with Gasteiger partial charge in [-0.2, -0.15) is 0 Å². The lowest BCUT2D eigenvalue weighted by atomic mass is 10.1. The molecule has 2 N–H and O–H groups in total. The van der Waals surface area contributed by atoms with Gasteiger partial charge >= 0.3 is 0 Å². The highest BCUT2D eigenvalue weighted by atomic mass is 35.5. The van der Waals surface area contributed by atoms with Gasteiger partial charge < -0.3 is 20.2 Å². The number of carbonyl (C=O) groups excluding carboxylic acids is 1. The SMILES string of the molecule is CN=C(NCC(O)c1ccc(Cl)cc1)N1CCN(C2CC2)C(=O)C1. The number of hydrogen-bond acceptors (Lipinski definition) is 3. The first-order valence-electron chi connectivity index (χ1n) is 8.27. The molecule has 1 unspecified atom stereocenters. The maximum atomic E-state index is 12.2. The van der Waals surface area contributed by atoms with Gasteiger partial charge in [-0.05, 0) is 30.5 Å². The van der Waals surface area contributed by atoms with Crippen molar-refractivity contribution in [3.8, 4) is 0 Å². The zero-order valence-electron chi connectivity index (χ0n) is 13.8. The Hall–Kier alpha value is -1.79. The second kappa shape index (κ2) is 7.40. The quantitative estimate of drug-likeness (QED) is 0.633. The molecule has 2 aliphatic rings. The highest BCUT2D eigenvalue weighted by molar-refractivity contribution is 6.30. The van der Waals surface area contributed by atoms with E-state index in [0.29, 0.717) is 30.1 Å². The van der Waals surface area contributed by atoms with E-state index in [9.17, 15) is 9.90 Å². The average molecular weight is 351 g/mol. The van der Waals surface area contributed by atoms with Gasteiger partial charge in [-0.1, -0.05) is 23.7 Å². The summed E-state index contributed by atoms with van der Waals surface area (Å²) in [7, 11) is 1.69. The van der Waals surface area contributed by atoms with Crippen LogP contribution in [0.5, 0.6) is 0 Å². The van der Waals surface area contributed by atoms with E-state index in [1.807, 2.05) is 9.80 Å². The van der Waals surface area contributed by atoms with E-state index in [4.69, 9.17) is 11.6 Å². The molecular formula is C17H23ClN4O2. The van der Waals surface area contributed by atoms with E-state index >= 15 is 0 Å². The molecule has 3 rings (SSSR count). The third-order valence-corrected chi connectivity index (χ3v) is 4.72. The first-order valence-corrected chi connectivity index (χ1v) is 8.65. The summed E-state index contributed by atoms with van der Waals surface area (Å²) in [5.74, 6) is 0.803. The number of benzene rings is 1. The maximum Gasteiger partial charge on any atom is 0.242 e. The highest BCUT2D eigenvalue weighted by Crippen LogP contribution is 2.28. The summed E-state index contributed by atoms with van der Waals surface area (Å²) in [4.78, 5) is 20.4. The molecule has 2 fully saturated rings. The predicted octanol–water partition coefficient (Wildman–Crippen LogP) is 1.26. The van der Waals surface area contributed by atoms with Crippen LogP contribution in [0.15, 0.2) is 29.3 Å². The highest BCUT2D eigenvalue weighted by Gasteiger charge is 2.36. The van der Waals surface area contributed by atoms with Crippen LogP contribution in [0, 0.1) is 0 Å². The van der Waals surface area contributed by atoms with Gasteiger partial charge in [0.25, 0.3) is 0 Å². The van der Waals surface area contributed by atoms with Crippen molar-refractivity contribution in [1.29, 1.82) is 0 Å². The van der Waals surface area contributed by atoms with Crippen LogP contribution in [0.2, 0.25) is 5.02 Å². The van der Waals surface area contributed by atoms with Gasteiger partial charge in [0.15, 0.2) is 5.96 Å². The van der Waals surface area contributed by atoms with Gasteiger partial charge in [-0.15, -0.1) is 0 Å². The maximum absolute atomic E-state index is 12.2. The topological polar surface area (TPSA) is 68.2 Å². The largest absolute Gasteiger partial charge is 0.387 e. The number of aliphatic hydroxyl groups excluding tert-OH is 1. The number of carbonyl (C=O) groups is 1. The van der Waals surface area contributed by atoms with E-state index in [-0.39, 0.29) is 5.91 Å². The molecule has 1 heterocycles. The van der Waals surface area contributed by atoms with Crippen LogP contribution in [-0.4, -0.2) is 66.0 Å². The molecule has 130 valence electrons. The molecule has 0 aromatic heterocycles. The first-order chi connectivity index (χ1) is 11.6.